The Balaban J connectivity index is 1.75. The zero-order valence-electron chi connectivity index (χ0n) is 13.3. The topological polar surface area (TPSA) is 54.9 Å². The molecule has 1 aliphatic carbocycles. The van der Waals surface area contributed by atoms with Crippen molar-refractivity contribution in [3.8, 4) is 5.75 Å². The highest BCUT2D eigenvalue weighted by molar-refractivity contribution is 5.80. The lowest BCUT2D eigenvalue weighted by atomic mass is 10.2. The number of rotatable bonds is 7. The number of hydrogen-bond donors (Lipinski definition) is 2. The van der Waals surface area contributed by atoms with Gasteiger partial charge >= 0.3 is 0 Å². The van der Waals surface area contributed by atoms with Crippen LogP contribution in [0.5, 0.6) is 5.75 Å². The van der Waals surface area contributed by atoms with Crippen molar-refractivity contribution >= 4 is 5.96 Å². The minimum Gasteiger partial charge on any atom is -0.491 e. The minimum absolute atomic E-state index is 0.461. The number of nitrogens with zero attached hydrogens (tertiary/aromatic N) is 1. The van der Waals surface area contributed by atoms with E-state index in [2.05, 4.69) is 39.9 Å². The van der Waals surface area contributed by atoms with Crippen LogP contribution in [0.4, 0.5) is 0 Å². The molecule has 0 spiro atoms. The van der Waals surface area contributed by atoms with Gasteiger partial charge in [0.1, 0.15) is 12.4 Å². The Morgan fingerprint density at radius 1 is 1.18 bits per heavy atom. The summed E-state index contributed by atoms with van der Waals surface area (Å²) in [6, 6.07) is 8.52. The molecule has 1 aromatic rings. The second-order valence-electron chi connectivity index (χ2n) is 5.20. The number of methoxy groups -OCH3 is 1. The lowest BCUT2D eigenvalue weighted by molar-refractivity contribution is 0.146. The zero-order valence-corrected chi connectivity index (χ0v) is 13.3. The maximum absolute atomic E-state index is 5.55. The molecule has 22 heavy (non-hydrogen) atoms. The summed E-state index contributed by atoms with van der Waals surface area (Å²) in [6.45, 7) is 1.90. The summed E-state index contributed by atoms with van der Waals surface area (Å²) in [6.07, 6.45) is 6.53. The molecule has 0 saturated heterocycles. The van der Waals surface area contributed by atoms with Gasteiger partial charge in [0.25, 0.3) is 0 Å². The first-order valence-corrected chi connectivity index (χ1v) is 7.64. The molecule has 0 fully saturated rings. The van der Waals surface area contributed by atoms with Crippen molar-refractivity contribution in [3.63, 3.8) is 0 Å². The second kappa shape index (κ2) is 9.10. The largest absolute Gasteiger partial charge is 0.491 e. The molecule has 0 unspecified atom stereocenters. The van der Waals surface area contributed by atoms with Crippen molar-refractivity contribution in [1.82, 2.24) is 10.6 Å². The maximum Gasteiger partial charge on any atom is 0.191 e. The molecule has 0 amide bonds. The minimum atomic E-state index is 0.461. The number of guanidine groups is 1. The highest BCUT2D eigenvalue weighted by Gasteiger charge is 2.11. The molecule has 2 N–H and O–H groups in total. The van der Waals surface area contributed by atoms with Gasteiger partial charge in [-0.15, -0.1) is 0 Å². The predicted molar refractivity (Wildman–Crippen MR) is 89.3 cm³/mol. The SMILES string of the molecule is CN=C(NCc1ccc(OCCOC)cc1)NC1CC=CC1. The van der Waals surface area contributed by atoms with Gasteiger partial charge in [-0.3, -0.25) is 4.99 Å². The molecule has 0 bridgehead atoms. The van der Waals surface area contributed by atoms with Crippen molar-refractivity contribution in [2.24, 2.45) is 4.99 Å². The Bertz CT molecular complexity index is 489. The van der Waals surface area contributed by atoms with Crippen LogP contribution in [0.2, 0.25) is 0 Å². The Hall–Kier alpha value is -2.01. The number of nitrogens with one attached hydrogen (secondary N) is 2. The standard InChI is InChI=1S/C17H25N3O2/c1-18-17(20-15-5-3-4-6-15)19-13-14-7-9-16(10-8-14)22-12-11-21-2/h3-4,7-10,15H,5-6,11-13H2,1-2H3,(H2,18,19,20). The first-order valence-electron chi connectivity index (χ1n) is 7.64. The van der Waals surface area contributed by atoms with Crippen molar-refractivity contribution in [1.29, 1.82) is 0 Å². The van der Waals surface area contributed by atoms with E-state index in [-0.39, 0.29) is 0 Å². The molecule has 0 atom stereocenters. The molecule has 120 valence electrons. The Kier molecular flexibility index (Phi) is 6.77. The van der Waals surface area contributed by atoms with Crippen LogP contribution in [-0.4, -0.2) is 39.4 Å². The quantitative estimate of drug-likeness (QED) is 0.350. The molecule has 0 aliphatic heterocycles. The van der Waals surface area contributed by atoms with E-state index in [0.717, 1.165) is 31.1 Å². The summed E-state index contributed by atoms with van der Waals surface area (Å²) in [7, 11) is 3.46. The van der Waals surface area contributed by atoms with Crippen LogP contribution in [0.1, 0.15) is 18.4 Å². The third-order valence-corrected chi connectivity index (χ3v) is 3.51. The lowest BCUT2D eigenvalue weighted by Gasteiger charge is -2.17. The monoisotopic (exact) mass is 303 g/mol. The van der Waals surface area contributed by atoms with Crippen LogP contribution in [0.25, 0.3) is 0 Å². The summed E-state index contributed by atoms with van der Waals surface area (Å²) >= 11 is 0. The Labute approximate surface area is 132 Å². The van der Waals surface area contributed by atoms with Gasteiger partial charge in [0.05, 0.1) is 6.61 Å². The van der Waals surface area contributed by atoms with Gasteiger partial charge in [0.15, 0.2) is 5.96 Å². The van der Waals surface area contributed by atoms with E-state index in [1.54, 1.807) is 14.2 Å². The van der Waals surface area contributed by atoms with E-state index in [4.69, 9.17) is 9.47 Å². The molecular formula is C17H25N3O2. The molecule has 2 rings (SSSR count). The number of aliphatic imine (C=N–C) groups is 1. The maximum atomic E-state index is 5.55. The summed E-state index contributed by atoms with van der Waals surface area (Å²) in [5, 5.41) is 6.75. The van der Waals surface area contributed by atoms with Crippen LogP contribution >= 0.6 is 0 Å². The normalized spacial score (nSPS) is 15.1. The fourth-order valence-corrected chi connectivity index (χ4v) is 2.26. The molecule has 1 aromatic carbocycles. The molecule has 0 aromatic heterocycles. The van der Waals surface area contributed by atoms with E-state index >= 15 is 0 Å². The van der Waals surface area contributed by atoms with Gasteiger partial charge in [-0.25, -0.2) is 0 Å². The average molecular weight is 303 g/mol. The van der Waals surface area contributed by atoms with Gasteiger partial charge in [0, 0.05) is 26.7 Å². The highest BCUT2D eigenvalue weighted by atomic mass is 16.5. The highest BCUT2D eigenvalue weighted by Crippen LogP contribution is 2.12. The van der Waals surface area contributed by atoms with Crippen molar-refractivity contribution in [2.75, 3.05) is 27.4 Å². The smallest absolute Gasteiger partial charge is 0.191 e. The van der Waals surface area contributed by atoms with Crippen LogP contribution in [-0.2, 0) is 11.3 Å². The van der Waals surface area contributed by atoms with Crippen LogP contribution in [0.15, 0.2) is 41.4 Å². The van der Waals surface area contributed by atoms with Crippen LogP contribution < -0.4 is 15.4 Å². The number of hydrogen-bond acceptors (Lipinski definition) is 3. The molecule has 0 heterocycles. The van der Waals surface area contributed by atoms with Crippen molar-refractivity contribution in [2.45, 2.75) is 25.4 Å². The van der Waals surface area contributed by atoms with E-state index < -0.39 is 0 Å². The third-order valence-electron chi connectivity index (χ3n) is 3.51. The predicted octanol–water partition coefficient (Wildman–Crippen LogP) is 2.10. The Morgan fingerprint density at radius 3 is 2.55 bits per heavy atom. The summed E-state index contributed by atoms with van der Waals surface area (Å²) in [5.41, 5.74) is 1.19. The molecule has 0 radical (unpaired) electrons. The van der Waals surface area contributed by atoms with Crippen LogP contribution in [0.3, 0.4) is 0 Å². The molecule has 0 saturated carbocycles. The van der Waals surface area contributed by atoms with Gasteiger partial charge in [-0.05, 0) is 30.5 Å². The molecule has 5 heteroatoms. The fraction of sp³-hybridized carbons (Fsp3) is 0.471. The van der Waals surface area contributed by atoms with Gasteiger partial charge < -0.3 is 20.1 Å². The second-order valence-corrected chi connectivity index (χ2v) is 5.20. The fourth-order valence-electron chi connectivity index (χ4n) is 2.26. The van der Waals surface area contributed by atoms with Gasteiger partial charge in [-0.1, -0.05) is 24.3 Å². The first kappa shape index (κ1) is 16.4. The first-order chi connectivity index (χ1) is 10.8. The third kappa shape index (κ3) is 5.41. The number of ether oxygens (including phenoxy) is 2. The van der Waals surface area contributed by atoms with Crippen molar-refractivity contribution < 1.29 is 9.47 Å². The molecule has 1 aliphatic rings. The van der Waals surface area contributed by atoms with Crippen LogP contribution in [0, 0.1) is 0 Å². The van der Waals surface area contributed by atoms with E-state index in [1.807, 2.05) is 12.1 Å². The summed E-state index contributed by atoms with van der Waals surface area (Å²) in [4.78, 5) is 4.26. The van der Waals surface area contributed by atoms with E-state index in [1.165, 1.54) is 5.56 Å². The van der Waals surface area contributed by atoms with Gasteiger partial charge in [0.2, 0.25) is 0 Å². The van der Waals surface area contributed by atoms with E-state index in [9.17, 15) is 0 Å². The van der Waals surface area contributed by atoms with Gasteiger partial charge in [-0.2, -0.15) is 0 Å². The van der Waals surface area contributed by atoms with E-state index in [0.29, 0.717) is 19.3 Å². The summed E-state index contributed by atoms with van der Waals surface area (Å²) in [5.74, 6) is 1.70. The average Bonchev–Trinajstić information content (AvgIpc) is 3.06. The zero-order chi connectivity index (χ0) is 15.6. The van der Waals surface area contributed by atoms with Crippen molar-refractivity contribution in [3.05, 3.63) is 42.0 Å². The summed E-state index contributed by atoms with van der Waals surface area (Å²) < 4.78 is 10.5. The Morgan fingerprint density at radius 2 is 1.91 bits per heavy atom. The molecular weight excluding hydrogens is 278 g/mol. The molecule has 5 nitrogen and oxygen atoms in total. The number of benzene rings is 1. The lowest BCUT2D eigenvalue weighted by Crippen LogP contribution is -2.42.